The van der Waals surface area contributed by atoms with E-state index in [0.29, 0.717) is 29.7 Å². The fraction of sp³-hybridized carbons (Fsp3) is 0.500. The van der Waals surface area contributed by atoms with E-state index in [1.807, 2.05) is 4.90 Å². The van der Waals surface area contributed by atoms with Gasteiger partial charge >= 0.3 is 0 Å². The van der Waals surface area contributed by atoms with Crippen LogP contribution in [0.1, 0.15) is 32.1 Å². The second-order valence-corrected chi connectivity index (χ2v) is 8.66. The predicted molar refractivity (Wildman–Crippen MR) is 101 cm³/mol. The van der Waals surface area contributed by atoms with E-state index < -0.39 is 9.84 Å². The zero-order valence-corrected chi connectivity index (χ0v) is 15.8. The minimum Gasteiger partial charge on any atom is -0.369 e. The van der Waals surface area contributed by atoms with Crippen molar-refractivity contribution in [1.29, 1.82) is 0 Å². The van der Waals surface area contributed by atoms with E-state index in [0.717, 1.165) is 25.9 Å². The third-order valence-corrected chi connectivity index (χ3v) is 5.74. The molecule has 1 fully saturated rings. The monoisotopic (exact) mass is 376 g/mol. The number of carbonyl (C=O) groups excluding carboxylic acids is 1. The molecule has 1 amide bonds. The Morgan fingerprint density at radius 3 is 2.58 bits per heavy atom. The van der Waals surface area contributed by atoms with E-state index in [2.05, 4.69) is 15.3 Å². The molecule has 1 aliphatic heterocycles. The van der Waals surface area contributed by atoms with Gasteiger partial charge in [0.05, 0.1) is 10.4 Å². The molecule has 1 aliphatic rings. The molecule has 140 valence electrons. The zero-order chi connectivity index (χ0) is 18.6. The maximum Gasteiger partial charge on any atom is 0.224 e. The van der Waals surface area contributed by atoms with Crippen LogP contribution in [0.25, 0.3) is 10.9 Å². The first-order valence-corrected chi connectivity index (χ1v) is 10.8. The van der Waals surface area contributed by atoms with Crippen molar-refractivity contribution < 1.29 is 13.2 Å². The normalized spacial score (nSPS) is 15.7. The van der Waals surface area contributed by atoms with Gasteiger partial charge in [-0.05, 0) is 31.0 Å². The summed E-state index contributed by atoms with van der Waals surface area (Å²) in [6, 6.07) is 4.78. The number of nitrogens with one attached hydrogen (secondary N) is 1. The lowest BCUT2D eigenvalue weighted by Gasteiger charge is -2.20. The van der Waals surface area contributed by atoms with Gasteiger partial charge in [0.2, 0.25) is 5.91 Å². The lowest BCUT2D eigenvalue weighted by molar-refractivity contribution is -0.130. The number of nitrogens with zero attached hydrogens (tertiary/aromatic N) is 3. The molecule has 8 heteroatoms. The van der Waals surface area contributed by atoms with Crippen molar-refractivity contribution in [3.8, 4) is 0 Å². The summed E-state index contributed by atoms with van der Waals surface area (Å²) in [4.78, 5) is 22.9. The fourth-order valence-corrected chi connectivity index (χ4v) is 3.82. The molecule has 2 aromatic rings. The lowest BCUT2D eigenvalue weighted by Crippen LogP contribution is -2.32. The van der Waals surface area contributed by atoms with Gasteiger partial charge in [0.25, 0.3) is 0 Å². The molecular weight excluding hydrogens is 352 g/mol. The average molecular weight is 376 g/mol. The minimum atomic E-state index is -3.31. The summed E-state index contributed by atoms with van der Waals surface area (Å²) in [5.41, 5.74) is 0.661. The SMILES string of the molecule is CS(=O)(=O)c1ccc2ncnc(NCCC(=O)N3CCCCCC3)c2c1. The van der Waals surface area contributed by atoms with Gasteiger partial charge in [-0.25, -0.2) is 18.4 Å². The van der Waals surface area contributed by atoms with Crippen LogP contribution in [0.4, 0.5) is 5.82 Å². The highest BCUT2D eigenvalue weighted by Gasteiger charge is 2.15. The van der Waals surface area contributed by atoms with Crippen molar-refractivity contribution in [2.24, 2.45) is 0 Å². The van der Waals surface area contributed by atoms with Crippen LogP contribution in [0.3, 0.4) is 0 Å². The van der Waals surface area contributed by atoms with Crippen LogP contribution < -0.4 is 5.32 Å². The van der Waals surface area contributed by atoms with Crippen molar-refractivity contribution >= 4 is 32.5 Å². The Bertz CT molecular complexity index is 890. The number of amides is 1. The molecule has 1 saturated heterocycles. The molecule has 1 aromatic heterocycles. The molecule has 1 aromatic carbocycles. The zero-order valence-electron chi connectivity index (χ0n) is 14.9. The Hall–Kier alpha value is -2.22. The number of fused-ring (bicyclic) bond motifs is 1. The van der Waals surface area contributed by atoms with E-state index >= 15 is 0 Å². The molecule has 0 radical (unpaired) electrons. The van der Waals surface area contributed by atoms with Crippen LogP contribution in [0.2, 0.25) is 0 Å². The van der Waals surface area contributed by atoms with E-state index in [4.69, 9.17) is 0 Å². The Morgan fingerprint density at radius 2 is 1.88 bits per heavy atom. The number of sulfone groups is 1. The van der Waals surface area contributed by atoms with Crippen molar-refractivity contribution in [1.82, 2.24) is 14.9 Å². The molecular formula is C18H24N4O3S. The van der Waals surface area contributed by atoms with E-state index in [1.165, 1.54) is 31.5 Å². The molecule has 0 unspecified atom stereocenters. The molecule has 2 heterocycles. The first-order chi connectivity index (χ1) is 12.4. The van der Waals surface area contributed by atoms with Crippen LogP contribution in [0.15, 0.2) is 29.4 Å². The summed E-state index contributed by atoms with van der Waals surface area (Å²) in [5.74, 6) is 0.693. The number of rotatable bonds is 5. The third kappa shape index (κ3) is 4.49. The summed E-state index contributed by atoms with van der Waals surface area (Å²) in [6.07, 6.45) is 7.52. The maximum absolute atomic E-state index is 12.4. The number of benzene rings is 1. The quantitative estimate of drug-likeness (QED) is 0.860. The number of anilines is 1. The van der Waals surface area contributed by atoms with E-state index in [-0.39, 0.29) is 10.8 Å². The first kappa shape index (κ1) is 18.6. The highest BCUT2D eigenvalue weighted by Crippen LogP contribution is 2.23. The Labute approximate surface area is 153 Å². The lowest BCUT2D eigenvalue weighted by atomic mass is 10.2. The molecule has 0 saturated carbocycles. The first-order valence-electron chi connectivity index (χ1n) is 8.91. The van der Waals surface area contributed by atoms with Crippen LogP contribution in [-0.4, -0.2) is 55.1 Å². The molecule has 3 rings (SSSR count). The van der Waals surface area contributed by atoms with Crippen molar-refractivity contribution in [2.45, 2.75) is 37.0 Å². The molecule has 26 heavy (non-hydrogen) atoms. The van der Waals surface area contributed by atoms with Crippen molar-refractivity contribution in [3.63, 3.8) is 0 Å². The van der Waals surface area contributed by atoms with Crippen LogP contribution in [-0.2, 0) is 14.6 Å². The highest BCUT2D eigenvalue weighted by molar-refractivity contribution is 7.90. The Morgan fingerprint density at radius 1 is 1.15 bits per heavy atom. The van der Waals surface area contributed by atoms with Gasteiger partial charge in [-0.2, -0.15) is 0 Å². The molecule has 1 N–H and O–H groups in total. The number of likely N-dealkylation sites (tertiary alicyclic amines) is 1. The standard InChI is InChI=1S/C18H24N4O3S/c1-26(24,25)14-6-7-16-15(12-14)18(21-13-20-16)19-9-8-17(23)22-10-4-2-3-5-11-22/h6-7,12-13H,2-5,8-11H2,1H3,(H,19,20,21). The van der Waals surface area contributed by atoms with Crippen LogP contribution in [0.5, 0.6) is 0 Å². The second kappa shape index (κ2) is 7.99. The van der Waals surface area contributed by atoms with Crippen molar-refractivity contribution in [2.75, 3.05) is 31.2 Å². The van der Waals surface area contributed by atoms with Gasteiger partial charge in [0.1, 0.15) is 12.1 Å². The van der Waals surface area contributed by atoms with Crippen molar-refractivity contribution in [3.05, 3.63) is 24.5 Å². The largest absolute Gasteiger partial charge is 0.369 e. The van der Waals surface area contributed by atoms with E-state index in [1.54, 1.807) is 12.1 Å². The molecule has 7 nitrogen and oxygen atoms in total. The number of hydrogen-bond acceptors (Lipinski definition) is 6. The van der Waals surface area contributed by atoms with Gasteiger partial charge in [-0.3, -0.25) is 4.79 Å². The van der Waals surface area contributed by atoms with Gasteiger partial charge < -0.3 is 10.2 Å². The van der Waals surface area contributed by atoms with Gasteiger partial charge in [0, 0.05) is 37.7 Å². The maximum atomic E-state index is 12.4. The van der Waals surface area contributed by atoms with Gasteiger partial charge in [-0.15, -0.1) is 0 Å². The topological polar surface area (TPSA) is 92.3 Å². The fourth-order valence-electron chi connectivity index (χ4n) is 3.17. The smallest absolute Gasteiger partial charge is 0.224 e. The number of hydrogen-bond donors (Lipinski definition) is 1. The van der Waals surface area contributed by atoms with Crippen LogP contribution >= 0.6 is 0 Å². The summed E-state index contributed by atoms with van der Waals surface area (Å²) < 4.78 is 23.6. The van der Waals surface area contributed by atoms with Crippen LogP contribution in [0, 0.1) is 0 Å². The van der Waals surface area contributed by atoms with E-state index in [9.17, 15) is 13.2 Å². The minimum absolute atomic E-state index is 0.148. The molecule has 0 atom stereocenters. The summed E-state index contributed by atoms with van der Waals surface area (Å²) >= 11 is 0. The summed E-state index contributed by atoms with van der Waals surface area (Å²) in [7, 11) is -3.31. The Balaban J connectivity index is 1.69. The molecule has 0 bridgehead atoms. The molecule has 0 aliphatic carbocycles. The van der Waals surface area contributed by atoms with Gasteiger partial charge in [0.15, 0.2) is 9.84 Å². The predicted octanol–water partition coefficient (Wildman–Crippen LogP) is 2.24. The Kier molecular flexibility index (Phi) is 5.70. The van der Waals surface area contributed by atoms with Gasteiger partial charge in [-0.1, -0.05) is 12.8 Å². The highest BCUT2D eigenvalue weighted by atomic mass is 32.2. The molecule has 0 spiro atoms. The third-order valence-electron chi connectivity index (χ3n) is 4.63. The number of aromatic nitrogens is 2. The summed E-state index contributed by atoms with van der Waals surface area (Å²) in [5, 5.41) is 3.80. The number of carbonyl (C=O) groups is 1. The summed E-state index contributed by atoms with van der Waals surface area (Å²) in [6.45, 7) is 2.13. The average Bonchev–Trinajstić information content (AvgIpc) is 2.90. The second-order valence-electron chi connectivity index (χ2n) is 6.65.